The number of Topliss-reactive ketones (excluding diaryl/α,β-unsaturated/α-hetero) is 1. The lowest BCUT2D eigenvalue weighted by Gasteiger charge is -2.03. The summed E-state index contributed by atoms with van der Waals surface area (Å²) < 4.78 is 35.8. The molecule has 0 aliphatic carbocycles. The highest BCUT2D eigenvalue weighted by Gasteiger charge is 2.10. The minimum Gasteiger partial charge on any atom is -0.299 e. The summed E-state index contributed by atoms with van der Waals surface area (Å²) in [6, 6.07) is 6.27. The fraction of sp³-hybridized carbons (Fsp3) is 0.462. The first-order chi connectivity index (χ1) is 8.94. The number of sulfone groups is 1. The van der Waals surface area contributed by atoms with Crippen LogP contribution in [-0.4, -0.2) is 31.5 Å². The van der Waals surface area contributed by atoms with E-state index < -0.39 is 9.84 Å². The van der Waals surface area contributed by atoms with E-state index in [-0.39, 0.29) is 35.3 Å². The first kappa shape index (κ1) is 16.2. The minimum absolute atomic E-state index is 0.0413. The van der Waals surface area contributed by atoms with Gasteiger partial charge < -0.3 is 0 Å². The van der Waals surface area contributed by atoms with Crippen LogP contribution in [0.3, 0.4) is 0 Å². The summed E-state index contributed by atoms with van der Waals surface area (Å²) in [5.41, 5.74) is 0. The molecule has 0 aromatic heterocycles. The summed E-state index contributed by atoms with van der Waals surface area (Å²) in [5, 5.41) is 0. The van der Waals surface area contributed by atoms with Gasteiger partial charge in [0.05, 0.1) is 11.5 Å². The first-order valence-corrected chi connectivity index (χ1v) is 8.85. The van der Waals surface area contributed by atoms with Gasteiger partial charge in [0.2, 0.25) is 0 Å². The average molecular weight is 304 g/mol. The number of benzene rings is 1. The summed E-state index contributed by atoms with van der Waals surface area (Å²) in [7, 11) is -3.01. The highest BCUT2D eigenvalue weighted by Crippen LogP contribution is 2.21. The van der Waals surface area contributed by atoms with Crippen molar-refractivity contribution in [2.24, 2.45) is 0 Å². The first-order valence-electron chi connectivity index (χ1n) is 6.04. The lowest BCUT2D eigenvalue weighted by Crippen LogP contribution is -2.11. The summed E-state index contributed by atoms with van der Waals surface area (Å²) in [6.07, 6.45) is 0.563. The summed E-state index contributed by atoms with van der Waals surface area (Å²) in [6.45, 7) is 1.59. The molecule has 6 heteroatoms. The SMILES string of the molecule is CCS(=O)(=O)CCCC(=O)CSc1ccccc1F. The molecule has 0 unspecified atom stereocenters. The molecular formula is C13H17FO3S2. The van der Waals surface area contributed by atoms with Crippen LogP contribution in [-0.2, 0) is 14.6 Å². The van der Waals surface area contributed by atoms with Gasteiger partial charge in [-0.25, -0.2) is 12.8 Å². The second kappa shape index (κ2) is 7.65. The molecule has 0 aliphatic heterocycles. The number of rotatable bonds is 8. The third kappa shape index (κ3) is 6.20. The Bertz CT molecular complexity index is 526. The largest absolute Gasteiger partial charge is 0.299 e. The van der Waals surface area contributed by atoms with Crippen molar-refractivity contribution in [3.8, 4) is 0 Å². The highest BCUT2D eigenvalue weighted by atomic mass is 32.2. The number of carbonyl (C=O) groups is 1. The van der Waals surface area contributed by atoms with Gasteiger partial charge in [-0.1, -0.05) is 19.1 Å². The van der Waals surface area contributed by atoms with Crippen molar-refractivity contribution in [1.82, 2.24) is 0 Å². The zero-order valence-corrected chi connectivity index (χ0v) is 12.4. The van der Waals surface area contributed by atoms with Crippen LogP contribution in [0.5, 0.6) is 0 Å². The van der Waals surface area contributed by atoms with Gasteiger partial charge in [0.25, 0.3) is 0 Å². The third-order valence-corrected chi connectivity index (χ3v) is 5.47. The number of carbonyl (C=O) groups excluding carboxylic acids is 1. The number of thioether (sulfide) groups is 1. The van der Waals surface area contributed by atoms with Crippen LogP contribution in [0.1, 0.15) is 19.8 Å². The van der Waals surface area contributed by atoms with E-state index in [0.717, 1.165) is 11.8 Å². The predicted octanol–water partition coefficient (Wildman–Crippen LogP) is 2.70. The molecule has 0 saturated carbocycles. The Morgan fingerprint density at radius 2 is 2.00 bits per heavy atom. The summed E-state index contributed by atoms with van der Waals surface area (Å²) >= 11 is 1.14. The molecule has 0 aliphatic rings. The topological polar surface area (TPSA) is 51.2 Å². The molecule has 1 aromatic carbocycles. The highest BCUT2D eigenvalue weighted by molar-refractivity contribution is 8.00. The predicted molar refractivity (Wildman–Crippen MR) is 75.7 cm³/mol. The number of hydrogen-bond acceptors (Lipinski definition) is 4. The summed E-state index contributed by atoms with van der Waals surface area (Å²) in [4.78, 5) is 12.0. The van der Waals surface area contributed by atoms with Gasteiger partial charge in [-0.3, -0.25) is 4.79 Å². The van der Waals surface area contributed by atoms with Crippen LogP contribution in [0, 0.1) is 5.82 Å². The quantitative estimate of drug-likeness (QED) is 0.693. The standard InChI is InChI=1S/C13H17FO3S2/c1-2-19(16,17)9-5-6-11(15)10-18-13-8-4-3-7-12(13)14/h3-4,7-8H,2,5-6,9-10H2,1H3. The molecule has 0 fully saturated rings. The monoisotopic (exact) mass is 304 g/mol. The van der Waals surface area contributed by atoms with Crippen molar-refractivity contribution in [1.29, 1.82) is 0 Å². The molecule has 0 atom stereocenters. The van der Waals surface area contributed by atoms with Crippen LogP contribution in [0.4, 0.5) is 4.39 Å². The van der Waals surface area contributed by atoms with Gasteiger partial charge in [0.1, 0.15) is 21.4 Å². The molecule has 0 amide bonds. The Morgan fingerprint density at radius 1 is 1.32 bits per heavy atom. The van der Waals surface area contributed by atoms with Crippen LogP contribution in [0.2, 0.25) is 0 Å². The van der Waals surface area contributed by atoms with E-state index in [2.05, 4.69) is 0 Å². The number of hydrogen-bond donors (Lipinski definition) is 0. The van der Waals surface area contributed by atoms with Gasteiger partial charge in [0.15, 0.2) is 0 Å². The third-order valence-electron chi connectivity index (χ3n) is 2.58. The molecule has 0 spiro atoms. The van der Waals surface area contributed by atoms with Gasteiger partial charge in [-0.05, 0) is 18.6 Å². The van der Waals surface area contributed by atoms with Crippen molar-refractivity contribution >= 4 is 27.4 Å². The molecule has 1 aromatic rings. The van der Waals surface area contributed by atoms with Gasteiger partial charge in [-0.2, -0.15) is 0 Å². The van der Waals surface area contributed by atoms with Crippen LogP contribution in [0.15, 0.2) is 29.2 Å². The fourth-order valence-electron chi connectivity index (χ4n) is 1.43. The molecule has 1 rings (SSSR count). The van der Waals surface area contributed by atoms with Gasteiger partial charge in [-0.15, -0.1) is 11.8 Å². The lowest BCUT2D eigenvalue weighted by atomic mass is 10.2. The number of halogens is 1. The van der Waals surface area contributed by atoms with Crippen molar-refractivity contribution in [3.05, 3.63) is 30.1 Å². The van der Waals surface area contributed by atoms with Gasteiger partial charge >= 0.3 is 0 Å². The zero-order valence-electron chi connectivity index (χ0n) is 10.8. The van der Waals surface area contributed by atoms with Crippen molar-refractivity contribution < 1.29 is 17.6 Å². The Hall–Kier alpha value is -0.880. The Kier molecular flexibility index (Phi) is 6.51. The van der Waals surface area contributed by atoms with Crippen LogP contribution >= 0.6 is 11.8 Å². The normalized spacial score (nSPS) is 11.5. The lowest BCUT2D eigenvalue weighted by molar-refractivity contribution is -0.116. The molecule has 0 saturated heterocycles. The maximum absolute atomic E-state index is 13.3. The Morgan fingerprint density at radius 3 is 2.63 bits per heavy atom. The van der Waals surface area contributed by atoms with Gasteiger partial charge in [0, 0.05) is 17.1 Å². The molecular weight excluding hydrogens is 287 g/mol. The zero-order chi connectivity index (χ0) is 14.3. The fourth-order valence-corrected chi connectivity index (χ4v) is 3.14. The van der Waals surface area contributed by atoms with E-state index in [1.165, 1.54) is 6.07 Å². The summed E-state index contributed by atoms with van der Waals surface area (Å²) in [5.74, 6) is -0.0776. The van der Waals surface area contributed by atoms with Crippen molar-refractivity contribution in [2.75, 3.05) is 17.3 Å². The van der Waals surface area contributed by atoms with E-state index in [4.69, 9.17) is 0 Å². The Balaban J connectivity index is 2.31. The van der Waals surface area contributed by atoms with E-state index in [9.17, 15) is 17.6 Å². The smallest absolute Gasteiger partial charge is 0.150 e. The molecule has 19 heavy (non-hydrogen) atoms. The molecule has 3 nitrogen and oxygen atoms in total. The molecule has 106 valence electrons. The second-order valence-electron chi connectivity index (χ2n) is 4.10. The minimum atomic E-state index is -3.01. The Labute approximate surface area is 117 Å². The maximum Gasteiger partial charge on any atom is 0.150 e. The van der Waals surface area contributed by atoms with Crippen molar-refractivity contribution in [3.63, 3.8) is 0 Å². The van der Waals surface area contributed by atoms with Crippen LogP contribution in [0.25, 0.3) is 0 Å². The number of ketones is 1. The second-order valence-corrected chi connectivity index (χ2v) is 7.59. The van der Waals surface area contributed by atoms with E-state index in [1.54, 1.807) is 25.1 Å². The molecule has 0 heterocycles. The van der Waals surface area contributed by atoms with Crippen molar-refractivity contribution in [2.45, 2.75) is 24.7 Å². The molecule has 0 radical (unpaired) electrons. The average Bonchev–Trinajstić information content (AvgIpc) is 2.37. The van der Waals surface area contributed by atoms with E-state index in [0.29, 0.717) is 11.3 Å². The maximum atomic E-state index is 13.3. The molecule has 0 bridgehead atoms. The van der Waals surface area contributed by atoms with E-state index in [1.807, 2.05) is 0 Å². The van der Waals surface area contributed by atoms with E-state index >= 15 is 0 Å². The molecule has 0 N–H and O–H groups in total. The van der Waals surface area contributed by atoms with Crippen LogP contribution < -0.4 is 0 Å².